The van der Waals surface area contributed by atoms with E-state index in [2.05, 4.69) is 127 Å². The maximum Gasteiger partial charge on any atom is 0.0956 e. The van der Waals surface area contributed by atoms with Crippen molar-refractivity contribution < 1.29 is 10.2 Å². The molecule has 2 nitrogen and oxygen atoms in total. The van der Waals surface area contributed by atoms with Gasteiger partial charge >= 0.3 is 0 Å². The molecule has 0 aromatic carbocycles. The summed E-state index contributed by atoms with van der Waals surface area (Å²) in [6, 6.07) is 0. The number of alkyl halides is 8. The van der Waals surface area contributed by atoms with Crippen LogP contribution in [-0.2, 0) is 0 Å². The lowest BCUT2D eigenvalue weighted by atomic mass is 9.71. The molecule has 0 aliphatic rings. The molecule has 0 bridgehead atoms. The van der Waals surface area contributed by atoms with Crippen LogP contribution in [-0.4, -0.2) is 62.0 Å². The summed E-state index contributed by atoms with van der Waals surface area (Å²) < 4.78 is 0. The van der Waals surface area contributed by atoms with Gasteiger partial charge in [-0.2, -0.15) is 0 Å². The molecule has 0 radical (unpaired) electrons. The predicted octanol–water partition coefficient (Wildman–Crippen LogP) is 6.64. The van der Waals surface area contributed by atoms with Gasteiger partial charge < -0.3 is 10.2 Å². The Morgan fingerprint density at radius 2 is 0.667 bits per heavy atom. The first-order valence-electron chi connectivity index (χ1n) is 7.32. The molecular formula is C14H22Br8O2. The molecule has 0 aliphatic heterocycles. The highest BCUT2D eigenvalue weighted by Gasteiger charge is 2.51. The van der Waals surface area contributed by atoms with Gasteiger partial charge in [-0.3, -0.25) is 0 Å². The molecule has 0 saturated heterocycles. The molecule has 24 heavy (non-hydrogen) atoms. The van der Waals surface area contributed by atoms with Gasteiger partial charge in [-0.15, -0.1) is 0 Å². The van der Waals surface area contributed by atoms with E-state index in [-0.39, 0.29) is 19.3 Å². The second-order valence-corrected chi connectivity index (χ2v) is 13.7. The first-order chi connectivity index (χ1) is 11.1. The third kappa shape index (κ3) is 9.51. The maximum atomic E-state index is 11.6. The highest BCUT2D eigenvalue weighted by atomic mass is 79.9. The molecule has 0 heterocycles. The predicted molar refractivity (Wildman–Crippen MR) is 134 cm³/mol. The van der Waals surface area contributed by atoms with E-state index in [4.69, 9.17) is 0 Å². The number of aliphatic hydroxyl groups is 2. The van der Waals surface area contributed by atoms with E-state index < -0.39 is 11.2 Å². The summed E-state index contributed by atoms with van der Waals surface area (Å²) in [6.45, 7) is 0. The van der Waals surface area contributed by atoms with Crippen molar-refractivity contribution in [2.45, 2.75) is 56.2 Å². The van der Waals surface area contributed by atoms with Gasteiger partial charge in [0.05, 0.1) is 11.2 Å². The van der Waals surface area contributed by atoms with Gasteiger partial charge in [0.2, 0.25) is 0 Å². The first kappa shape index (κ1) is 27.8. The summed E-state index contributed by atoms with van der Waals surface area (Å²) >= 11 is 28.2. The average molecular weight is 862 g/mol. The van der Waals surface area contributed by atoms with Crippen LogP contribution in [0.25, 0.3) is 0 Å². The first-order valence-corrected chi connectivity index (χ1v) is 15.5. The molecule has 0 rings (SSSR count). The van der Waals surface area contributed by atoms with Crippen molar-refractivity contribution in [2.24, 2.45) is 0 Å². The van der Waals surface area contributed by atoms with Crippen LogP contribution >= 0.6 is 127 Å². The molecule has 0 fully saturated rings. The summed E-state index contributed by atoms with van der Waals surface area (Å²) in [6.07, 6.45) is 1.81. The zero-order valence-corrected chi connectivity index (χ0v) is 25.6. The summed E-state index contributed by atoms with van der Waals surface area (Å²) in [5, 5.41) is 26.0. The largest absolute Gasteiger partial charge is 0.387 e. The fraction of sp³-hybridized carbons (Fsp3) is 1.00. The van der Waals surface area contributed by atoms with Crippen molar-refractivity contribution >= 4 is 127 Å². The van der Waals surface area contributed by atoms with Crippen molar-refractivity contribution in [3.63, 3.8) is 0 Å². The zero-order chi connectivity index (χ0) is 19.0. The second-order valence-electron chi connectivity index (χ2n) is 5.89. The van der Waals surface area contributed by atoms with Crippen LogP contribution in [0, 0.1) is 0 Å². The molecule has 0 aromatic heterocycles. The Morgan fingerprint density at radius 1 is 0.500 bits per heavy atom. The van der Waals surface area contributed by atoms with Gasteiger partial charge in [0.25, 0.3) is 0 Å². The van der Waals surface area contributed by atoms with Gasteiger partial charge in [-0.05, 0) is 25.7 Å². The monoisotopic (exact) mass is 854 g/mol. The minimum Gasteiger partial charge on any atom is -0.387 e. The standard InChI is InChI=1S/C14H22Br8O2/c15-5-9(19)1-13(23,2-10(20)6-16)14(24,3-11(21)7-17)4-12(22)8-18/h9-12,23-24H,1-8H2. The summed E-state index contributed by atoms with van der Waals surface area (Å²) in [5.74, 6) is 0. The Bertz CT molecular complexity index is 291. The lowest BCUT2D eigenvalue weighted by molar-refractivity contribution is -0.165. The van der Waals surface area contributed by atoms with Crippen molar-refractivity contribution in [2.75, 3.05) is 21.3 Å². The Morgan fingerprint density at radius 3 is 0.792 bits per heavy atom. The molecule has 0 aromatic rings. The zero-order valence-electron chi connectivity index (χ0n) is 12.9. The van der Waals surface area contributed by atoms with Crippen LogP contribution in [0.4, 0.5) is 0 Å². The summed E-state index contributed by atoms with van der Waals surface area (Å²) in [4.78, 5) is 0.276. The molecule has 10 heteroatoms. The fourth-order valence-electron chi connectivity index (χ4n) is 2.61. The lowest BCUT2D eigenvalue weighted by Gasteiger charge is -2.47. The fourth-order valence-corrected chi connectivity index (χ4v) is 5.67. The van der Waals surface area contributed by atoms with Crippen LogP contribution in [0.3, 0.4) is 0 Å². The molecular weight excluding hydrogens is 839 g/mol. The highest BCUT2D eigenvalue weighted by molar-refractivity contribution is 9.13. The average Bonchev–Trinajstić information content (AvgIpc) is 2.53. The van der Waals surface area contributed by atoms with Gasteiger partial charge in [0.15, 0.2) is 0 Å². The van der Waals surface area contributed by atoms with Gasteiger partial charge in [0, 0.05) is 40.6 Å². The van der Waals surface area contributed by atoms with Crippen LogP contribution in [0.1, 0.15) is 25.7 Å². The van der Waals surface area contributed by atoms with E-state index in [1.54, 1.807) is 0 Å². The van der Waals surface area contributed by atoms with Crippen LogP contribution in [0.15, 0.2) is 0 Å². The minimum atomic E-state index is -1.24. The lowest BCUT2D eigenvalue weighted by Crippen LogP contribution is -2.59. The van der Waals surface area contributed by atoms with Crippen molar-refractivity contribution in [1.82, 2.24) is 0 Å². The Kier molecular flexibility index (Phi) is 16.1. The van der Waals surface area contributed by atoms with Crippen molar-refractivity contribution in [3.8, 4) is 0 Å². The number of hydrogen-bond donors (Lipinski definition) is 2. The van der Waals surface area contributed by atoms with Crippen LogP contribution in [0.5, 0.6) is 0 Å². The smallest absolute Gasteiger partial charge is 0.0956 e. The minimum absolute atomic E-state index is 0.0690. The molecule has 4 atom stereocenters. The summed E-state index contributed by atoms with van der Waals surface area (Å²) in [7, 11) is 0. The molecule has 0 spiro atoms. The quantitative estimate of drug-likeness (QED) is 0.204. The molecule has 0 saturated carbocycles. The number of hydrogen-bond acceptors (Lipinski definition) is 2. The number of rotatable bonds is 13. The molecule has 0 aliphatic carbocycles. The van der Waals surface area contributed by atoms with E-state index in [1.807, 2.05) is 0 Å². The van der Waals surface area contributed by atoms with Gasteiger partial charge in [0.1, 0.15) is 0 Å². The second kappa shape index (κ2) is 13.9. The molecule has 4 unspecified atom stereocenters. The Balaban J connectivity index is 5.73. The third-order valence-electron chi connectivity index (χ3n) is 3.77. The Hall–Kier alpha value is 3.76. The SMILES string of the molecule is OC(CC(Br)CBr)(CC(Br)CBr)C(O)(CC(Br)CBr)CC(Br)CBr. The van der Waals surface area contributed by atoms with Crippen molar-refractivity contribution in [1.29, 1.82) is 0 Å². The van der Waals surface area contributed by atoms with E-state index in [9.17, 15) is 10.2 Å². The highest BCUT2D eigenvalue weighted by Crippen LogP contribution is 2.43. The van der Waals surface area contributed by atoms with E-state index >= 15 is 0 Å². The molecule has 0 amide bonds. The van der Waals surface area contributed by atoms with Crippen molar-refractivity contribution in [3.05, 3.63) is 0 Å². The number of halogens is 8. The Labute approximate surface area is 212 Å². The maximum absolute atomic E-state index is 11.6. The van der Waals surface area contributed by atoms with Gasteiger partial charge in [-0.25, -0.2) is 0 Å². The van der Waals surface area contributed by atoms with E-state index in [0.717, 1.165) is 0 Å². The normalized spacial score (nSPS) is 22.2. The summed E-state index contributed by atoms with van der Waals surface area (Å²) in [5.41, 5.74) is -2.47. The third-order valence-corrected chi connectivity index (χ3v) is 13.0. The van der Waals surface area contributed by atoms with Crippen LogP contribution in [0.2, 0.25) is 0 Å². The van der Waals surface area contributed by atoms with E-state index in [1.165, 1.54) is 0 Å². The van der Waals surface area contributed by atoms with Crippen LogP contribution < -0.4 is 0 Å². The molecule has 146 valence electrons. The molecule has 2 N–H and O–H groups in total. The van der Waals surface area contributed by atoms with E-state index in [0.29, 0.717) is 47.0 Å². The van der Waals surface area contributed by atoms with Gasteiger partial charge in [-0.1, -0.05) is 127 Å². The topological polar surface area (TPSA) is 40.5 Å².